The van der Waals surface area contributed by atoms with Crippen LogP contribution in [0.3, 0.4) is 0 Å². The molecule has 13 heavy (non-hydrogen) atoms. The fraction of sp³-hybridized carbons (Fsp3) is 0.900. The van der Waals surface area contributed by atoms with Gasteiger partial charge < -0.3 is 4.90 Å². The fourth-order valence-electron chi connectivity index (χ4n) is 1.25. The standard InChI is InChI=1S/C10H18N2S/c1-12(2)7-8-13-9-10(3-4-10)5-6-11/h3-5,7-9H2,1-2H3. The quantitative estimate of drug-likeness (QED) is 0.611. The highest BCUT2D eigenvalue weighted by Gasteiger charge is 2.41. The van der Waals surface area contributed by atoms with E-state index in [1.165, 1.54) is 24.3 Å². The van der Waals surface area contributed by atoms with E-state index in [0.717, 1.165) is 13.0 Å². The lowest BCUT2D eigenvalue weighted by molar-refractivity contribution is 0.437. The summed E-state index contributed by atoms with van der Waals surface area (Å²) < 4.78 is 0. The average molecular weight is 198 g/mol. The zero-order valence-electron chi connectivity index (χ0n) is 8.55. The van der Waals surface area contributed by atoms with Crippen molar-refractivity contribution in [2.24, 2.45) is 5.41 Å². The Hall–Kier alpha value is -0.200. The lowest BCUT2D eigenvalue weighted by atomic mass is 10.1. The third-order valence-electron chi connectivity index (χ3n) is 2.50. The summed E-state index contributed by atoms with van der Waals surface area (Å²) in [5.41, 5.74) is 0.422. The maximum atomic E-state index is 8.62. The van der Waals surface area contributed by atoms with Crippen LogP contribution in [0.1, 0.15) is 19.3 Å². The first-order chi connectivity index (χ1) is 6.18. The molecular weight excluding hydrogens is 180 g/mol. The highest BCUT2D eigenvalue weighted by atomic mass is 32.2. The van der Waals surface area contributed by atoms with E-state index in [2.05, 4.69) is 25.1 Å². The molecule has 0 aliphatic heterocycles. The Kier molecular flexibility index (Phi) is 4.08. The zero-order valence-corrected chi connectivity index (χ0v) is 9.36. The molecule has 1 aliphatic carbocycles. The second kappa shape index (κ2) is 4.88. The number of rotatable bonds is 6. The van der Waals surface area contributed by atoms with E-state index in [1.54, 1.807) is 0 Å². The number of nitriles is 1. The van der Waals surface area contributed by atoms with Crippen molar-refractivity contribution in [2.45, 2.75) is 19.3 Å². The molecule has 1 aliphatic rings. The second-order valence-electron chi connectivity index (χ2n) is 4.19. The maximum absolute atomic E-state index is 8.62. The Morgan fingerprint density at radius 1 is 1.46 bits per heavy atom. The minimum Gasteiger partial charge on any atom is -0.309 e. The molecule has 0 radical (unpaired) electrons. The SMILES string of the molecule is CN(C)CCSCC1(CC#N)CC1. The van der Waals surface area contributed by atoms with E-state index < -0.39 is 0 Å². The molecule has 3 heteroatoms. The summed E-state index contributed by atoms with van der Waals surface area (Å²) in [6.07, 6.45) is 3.31. The van der Waals surface area contributed by atoms with Crippen molar-refractivity contribution in [1.82, 2.24) is 4.90 Å². The lowest BCUT2D eigenvalue weighted by Gasteiger charge is -2.12. The maximum Gasteiger partial charge on any atom is 0.0627 e. The van der Waals surface area contributed by atoms with Gasteiger partial charge in [-0.3, -0.25) is 0 Å². The van der Waals surface area contributed by atoms with Crippen LogP contribution in [0.5, 0.6) is 0 Å². The Morgan fingerprint density at radius 3 is 2.62 bits per heavy atom. The van der Waals surface area contributed by atoms with Crippen LogP contribution < -0.4 is 0 Å². The molecule has 0 aromatic heterocycles. The van der Waals surface area contributed by atoms with Crippen LogP contribution in [0.4, 0.5) is 0 Å². The Labute approximate surface area is 85.3 Å². The van der Waals surface area contributed by atoms with Crippen molar-refractivity contribution < 1.29 is 0 Å². The summed E-state index contributed by atoms with van der Waals surface area (Å²) in [6, 6.07) is 2.30. The van der Waals surface area contributed by atoms with E-state index in [4.69, 9.17) is 5.26 Å². The van der Waals surface area contributed by atoms with Crippen molar-refractivity contribution in [3.8, 4) is 6.07 Å². The topological polar surface area (TPSA) is 27.0 Å². The summed E-state index contributed by atoms with van der Waals surface area (Å²) in [4.78, 5) is 2.21. The molecule has 1 saturated carbocycles. The average Bonchev–Trinajstić information content (AvgIpc) is 2.80. The first-order valence-corrected chi connectivity index (χ1v) is 5.93. The van der Waals surface area contributed by atoms with Crippen LogP contribution in [0, 0.1) is 16.7 Å². The number of nitrogens with zero attached hydrogens (tertiary/aromatic N) is 2. The normalized spacial score (nSPS) is 18.6. The van der Waals surface area contributed by atoms with Gasteiger partial charge >= 0.3 is 0 Å². The van der Waals surface area contributed by atoms with Crippen molar-refractivity contribution in [1.29, 1.82) is 5.26 Å². The van der Waals surface area contributed by atoms with Crippen molar-refractivity contribution in [2.75, 3.05) is 32.1 Å². The number of hydrogen-bond donors (Lipinski definition) is 0. The van der Waals surface area contributed by atoms with Crippen LogP contribution in [-0.2, 0) is 0 Å². The van der Waals surface area contributed by atoms with Crippen molar-refractivity contribution in [3.63, 3.8) is 0 Å². The molecule has 0 spiro atoms. The summed E-state index contributed by atoms with van der Waals surface area (Å²) in [7, 11) is 4.20. The molecule has 0 unspecified atom stereocenters. The monoisotopic (exact) mass is 198 g/mol. The molecular formula is C10H18N2S. The summed E-state index contributed by atoms with van der Waals surface area (Å²) in [5, 5.41) is 8.62. The third kappa shape index (κ3) is 4.02. The first kappa shape index (κ1) is 10.9. The molecule has 0 saturated heterocycles. The van der Waals surface area contributed by atoms with Crippen LogP contribution >= 0.6 is 11.8 Å². The highest BCUT2D eigenvalue weighted by molar-refractivity contribution is 7.99. The molecule has 0 N–H and O–H groups in total. The fourth-order valence-corrected chi connectivity index (χ4v) is 2.71. The van der Waals surface area contributed by atoms with E-state index in [1.807, 2.05) is 11.8 Å². The second-order valence-corrected chi connectivity index (χ2v) is 5.30. The van der Waals surface area contributed by atoms with Gasteiger partial charge in [-0.1, -0.05) is 0 Å². The van der Waals surface area contributed by atoms with Gasteiger partial charge in [0.15, 0.2) is 0 Å². The molecule has 74 valence electrons. The lowest BCUT2D eigenvalue weighted by Crippen LogP contribution is -2.16. The van der Waals surface area contributed by atoms with E-state index >= 15 is 0 Å². The molecule has 2 nitrogen and oxygen atoms in total. The predicted molar refractivity (Wildman–Crippen MR) is 57.8 cm³/mol. The molecule has 0 amide bonds. The molecule has 0 heterocycles. The molecule has 1 rings (SSSR count). The van der Waals surface area contributed by atoms with Crippen LogP contribution in [-0.4, -0.2) is 37.0 Å². The molecule has 0 aromatic carbocycles. The summed E-state index contributed by atoms with van der Waals surface area (Å²) in [6.45, 7) is 1.15. The van der Waals surface area contributed by atoms with Crippen LogP contribution in [0.2, 0.25) is 0 Å². The number of hydrogen-bond acceptors (Lipinski definition) is 3. The van der Waals surface area contributed by atoms with E-state index in [-0.39, 0.29) is 0 Å². The Morgan fingerprint density at radius 2 is 2.15 bits per heavy atom. The van der Waals surface area contributed by atoms with Crippen LogP contribution in [0.25, 0.3) is 0 Å². The molecule has 1 fully saturated rings. The van der Waals surface area contributed by atoms with Gasteiger partial charge in [-0.15, -0.1) is 0 Å². The molecule has 0 atom stereocenters. The van der Waals surface area contributed by atoms with Gasteiger partial charge in [0.25, 0.3) is 0 Å². The summed E-state index contributed by atoms with van der Waals surface area (Å²) >= 11 is 2.00. The van der Waals surface area contributed by atoms with Gasteiger partial charge in [-0.2, -0.15) is 17.0 Å². The summed E-state index contributed by atoms with van der Waals surface area (Å²) in [5.74, 6) is 2.38. The molecule has 0 aromatic rings. The van der Waals surface area contributed by atoms with Gasteiger partial charge in [0.1, 0.15) is 0 Å². The Balaban J connectivity index is 2.03. The predicted octanol–water partition coefficient (Wildman–Crippen LogP) is 1.98. The largest absolute Gasteiger partial charge is 0.309 e. The van der Waals surface area contributed by atoms with Gasteiger partial charge in [0.05, 0.1) is 6.07 Å². The Bertz CT molecular complexity index is 192. The molecule has 0 bridgehead atoms. The van der Waals surface area contributed by atoms with Crippen molar-refractivity contribution >= 4 is 11.8 Å². The minimum atomic E-state index is 0.422. The van der Waals surface area contributed by atoms with Crippen LogP contribution in [0.15, 0.2) is 0 Å². The van der Waals surface area contributed by atoms with Gasteiger partial charge in [-0.05, 0) is 38.1 Å². The smallest absolute Gasteiger partial charge is 0.0627 e. The minimum absolute atomic E-state index is 0.422. The highest BCUT2D eigenvalue weighted by Crippen LogP contribution is 2.50. The van der Waals surface area contributed by atoms with Gasteiger partial charge in [0.2, 0.25) is 0 Å². The van der Waals surface area contributed by atoms with E-state index in [0.29, 0.717) is 5.41 Å². The van der Waals surface area contributed by atoms with Crippen molar-refractivity contribution in [3.05, 3.63) is 0 Å². The van der Waals surface area contributed by atoms with Gasteiger partial charge in [-0.25, -0.2) is 0 Å². The van der Waals surface area contributed by atoms with Gasteiger partial charge in [0, 0.05) is 18.7 Å². The first-order valence-electron chi connectivity index (χ1n) is 4.78. The third-order valence-corrected chi connectivity index (χ3v) is 3.79. The zero-order chi connectivity index (χ0) is 9.73. The van der Waals surface area contributed by atoms with E-state index in [9.17, 15) is 0 Å². The number of thioether (sulfide) groups is 1.